The van der Waals surface area contributed by atoms with Crippen LogP contribution in [0.1, 0.15) is 11.1 Å². The van der Waals surface area contributed by atoms with Gasteiger partial charge in [0.05, 0.1) is 0 Å². The fourth-order valence-electron chi connectivity index (χ4n) is 1.13. The number of carboxylic acid groups (broad SMARTS) is 1. The summed E-state index contributed by atoms with van der Waals surface area (Å²) in [6.45, 7) is 1.82. The quantitative estimate of drug-likeness (QED) is 0.583. The SMILES string of the molecule is CO/N=C(/C(=O)O)c1ccccc1C. The zero-order chi connectivity index (χ0) is 10.6. The molecule has 4 nitrogen and oxygen atoms in total. The van der Waals surface area contributed by atoms with Crippen molar-refractivity contribution in [3.8, 4) is 0 Å². The highest BCUT2D eigenvalue weighted by Gasteiger charge is 2.14. The minimum Gasteiger partial charge on any atom is -0.476 e. The first-order chi connectivity index (χ1) is 6.66. The van der Waals surface area contributed by atoms with E-state index in [1.54, 1.807) is 12.1 Å². The molecule has 74 valence electrons. The van der Waals surface area contributed by atoms with Crippen LogP contribution in [0.2, 0.25) is 0 Å². The minimum atomic E-state index is -1.10. The van der Waals surface area contributed by atoms with E-state index in [1.807, 2.05) is 19.1 Å². The average Bonchev–Trinajstić information content (AvgIpc) is 2.15. The third-order valence-electron chi connectivity index (χ3n) is 1.79. The van der Waals surface area contributed by atoms with E-state index in [4.69, 9.17) is 5.11 Å². The second-order valence-electron chi connectivity index (χ2n) is 2.74. The summed E-state index contributed by atoms with van der Waals surface area (Å²) < 4.78 is 0. The Bertz CT molecular complexity index is 371. The number of carbonyl (C=O) groups is 1. The lowest BCUT2D eigenvalue weighted by Crippen LogP contribution is -2.16. The average molecular weight is 193 g/mol. The first-order valence-electron chi connectivity index (χ1n) is 4.07. The van der Waals surface area contributed by atoms with E-state index in [1.165, 1.54) is 7.11 Å². The molecule has 1 N–H and O–H groups in total. The van der Waals surface area contributed by atoms with Gasteiger partial charge in [-0.2, -0.15) is 0 Å². The summed E-state index contributed by atoms with van der Waals surface area (Å²) in [7, 11) is 1.32. The van der Waals surface area contributed by atoms with Gasteiger partial charge in [-0.3, -0.25) is 0 Å². The molecule has 0 saturated carbocycles. The molecule has 4 heteroatoms. The molecule has 0 aliphatic rings. The Kier molecular flexibility index (Phi) is 3.23. The first-order valence-corrected chi connectivity index (χ1v) is 4.07. The minimum absolute atomic E-state index is 0.0781. The van der Waals surface area contributed by atoms with Gasteiger partial charge in [-0.25, -0.2) is 4.79 Å². The van der Waals surface area contributed by atoms with Gasteiger partial charge >= 0.3 is 5.97 Å². The maximum atomic E-state index is 10.8. The molecule has 1 rings (SSSR count). The summed E-state index contributed by atoms with van der Waals surface area (Å²) in [6.07, 6.45) is 0. The second-order valence-corrected chi connectivity index (χ2v) is 2.74. The lowest BCUT2D eigenvalue weighted by Gasteiger charge is -2.03. The molecule has 0 amide bonds. The Balaban J connectivity index is 3.19. The maximum absolute atomic E-state index is 10.8. The molecular weight excluding hydrogens is 182 g/mol. The van der Waals surface area contributed by atoms with Crippen molar-refractivity contribution >= 4 is 11.7 Å². The summed E-state index contributed by atoms with van der Waals surface area (Å²) in [5.74, 6) is -1.10. The summed E-state index contributed by atoms with van der Waals surface area (Å²) in [5.41, 5.74) is 1.35. The largest absolute Gasteiger partial charge is 0.476 e. The zero-order valence-corrected chi connectivity index (χ0v) is 8.02. The molecule has 0 fully saturated rings. The Morgan fingerprint density at radius 1 is 1.43 bits per heavy atom. The molecule has 14 heavy (non-hydrogen) atoms. The molecule has 0 atom stereocenters. The van der Waals surface area contributed by atoms with Gasteiger partial charge in [0.1, 0.15) is 7.11 Å². The van der Waals surface area contributed by atoms with E-state index in [2.05, 4.69) is 9.99 Å². The molecule has 0 aromatic heterocycles. The first kappa shape index (κ1) is 10.2. The normalized spacial score (nSPS) is 11.1. The van der Waals surface area contributed by atoms with Crippen LogP contribution in [0.3, 0.4) is 0 Å². The highest BCUT2D eigenvalue weighted by molar-refractivity contribution is 6.42. The molecular formula is C10H11NO3. The number of hydrogen-bond acceptors (Lipinski definition) is 3. The Labute approximate surface area is 81.8 Å². The van der Waals surface area contributed by atoms with E-state index < -0.39 is 5.97 Å². The van der Waals surface area contributed by atoms with Crippen LogP contribution in [-0.2, 0) is 9.63 Å². The van der Waals surface area contributed by atoms with Crippen molar-refractivity contribution < 1.29 is 14.7 Å². The van der Waals surface area contributed by atoms with Gasteiger partial charge in [-0.15, -0.1) is 0 Å². The van der Waals surface area contributed by atoms with Gasteiger partial charge < -0.3 is 9.94 Å². The van der Waals surface area contributed by atoms with Crippen molar-refractivity contribution in [1.29, 1.82) is 0 Å². The number of nitrogens with zero attached hydrogens (tertiary/aromatic N) is 1. The van der Waals surface area contributed by atoms with Crippen molar-refractivity contribution in [1.82, 2.24) is 0 Å². The standard InChI is InChI=1S/C10H11NO3/c1-7-5-3-4-6-8(7)9(10(12)13)11-14-2/h3-6H,1-2H3,(H,12,13)/b11-9+. The van der Waals surface area contributed by atoms with Gasteiger partial charge in [0.25, 0.3) is 0 Å². The van der Waals surface area contributed by atoms with Crippen molar-refractivity contribution in [2.45, 2.75) is 6.92 Å². The van der Waals surface area contributed by atoms with E-state index in [9.17, 15) is 4.79 Å². The molecule has 0 unspecified atom stereocenters. The highest BCUT2D eigenvalue weighted by Crippen LogP contribution is 2.08. The Hall–Kier alpha value is -1.84. The van der Waals surface area contributed by atoms with Crippen molar-refractivity contribution in [3.05, 3.63) is 35.4 Å². The lowest BCUT2D eigenvalue weighted by atomic mass is 10.0. The Morgan fingerprint density at radius 2 is 2.07 bits per heavy atom. The van der Waals surface area contributed by atoms with E-state index >= 15 is 0 Å². The van der Waals surface area contributed by atoms with E-state index in [0.717, 1.165) is 5.56 Å². The fraction of sp³-hybridized carbons (Fsp3) is 0.200. The van der Waals surface area contributed by atoms with Gasteiger partial charge in [-0.1, -0.05) is 29.4 Å². The van der Waals surface area contributed by atoms with E-state index in [-0.39, 0.29) is 5.71 Å². The summed E-state index contributed by atoms with van der Waals surface area (Å²) >= 11 is 0. The van der Waals surface area contributed by atoms with Crippen molar-refractivity contribution in [2.75, 3.05) is 7.11 Å². The number of hydrogen-bond donors (Lipinski definition) is 1. The van der Waals surface area contributed by atoms with Crippen LogP contribution in [0.15, 0.2) is 29.4 Å². The molecule has 0 heterocycles. The zero-order valence-electron chi connectivity index (χ0n) is 8.02. The van der Waals surface area contributed by atoms with Crippen LogP contribution in [0.25, 0.3) is 0 Å². The van der Waals surface area contributed by atoms with Gasteiger partial charge in [-0.05, 0) is 12.5 Å². The maximum Gasteiger partial charge on any atom is 0.358 e. The van der Waals surface area contributed by atoms with Crippen molar-refractivity contribution in [2.24, 2.45) is 5.16 Å². The van der Waals surface area contributed by atoms with Gasteiger partial charge in [0.2, 0.25) is 0 Å². The predicted molar refractivity (Wildman–Crippen MR) is 52.4 cm³/mol. The number of benzene rings is 1. The summed E-state index contributed by atoms with van der Waals surface area (Å²) in [5, 5.41) is 12.3. The topological polar surface area (TPSA) is 58.9 Å². The molecule has 0 aliphatic carbocycles. The summed E-state index contributed by atoms with van der Waals surface area (Å²) in [4.78, 5) is 15.3. The van der Waals surface area contributed by atoms with Gasteiger partial charge in [0.15, 0.2) is 5.71 Å². The molecule has 0 spiro atoms. The number of aliphatic carboxylic acids is 1. The third-order valence-corrected chi connectivity index (χ3v) is 1.79. The third kappa shape index (κ3) is 2.10. The van der Waals surface area contributed by atoms with E-state index in [0.29, 0.717) is 5.56 Å². The highest BCUT2D eigenvalue weighted by atomic mass is 16.6. The van der Waals surface area contributed by atoms with Crippen LogP contribution in [0.5, 0.6) is 0 Å². The van der Waals surface area contributed by atoms with Crippen LogP contribution in [0, 0.1) is 6.92 Å². The Morgan fingerprint density at radius 3 is 2.57 bits per heavy atom. The molecule has 0 radical (unpaired) electrons. The second kappa shape index (κ2) is 4.41. The molecule has 0 aliphatic heterocycles. The van der Waals surface area contributed by atoms with Crippen molar-refractivity contribution in [3.63, 3.8) is 0 Å². The number of rotatable bonds is 3. The van der Waals surface area contributed by atoms with Crippen LogP contribution >= 0.6 is 0 Å². The summed E-state index contributed by atoms with van der Waals surface area (Å²) in [6, 6.07) is 7.12. The van der Waals surface area contributed by atoms with Gasteiger partial charge in [0, 0.05) is 5.56 Å². The molecule has 0 saturated heterocycles. The lowest BCUT2D eigenvalue weighted by molar-refractivity contribution is -0.129. The van der Waals surface area contributed by atoms with Crippen LogP contribution in [0.4, 0.5) is 0 Å². The molecule has 1 aromatic carbocycles. The van der Waals surface area contributed by atoms with Crippen LogP contribution < -0.4 is 0 Å². The predicted octanol–water partition coefficient (Wildman–Crippen LogP) is 1.43. The number of carboxylic acids is 1. The molecule has 1 aromatic rings. The number of oxime groups is 1. The fourth-order valence-corrected chi connectivity index (χ4v) is 1.13. The van der Waals surface area contributed by atoms with Crippen LogP contribution in [-0.4, -0.2) is 23.9 Å². The monoisotopic (exact) mass is 193 g/mol. The molecule has 0 bridgehead atoms. The smallest absolute Gasteiger partial charge is 0.358 e. The number of aryl methyl sites for hydroxylation is 1.